The molecule has 1 saturated heterocycles. The largest absolute Gasteiger partial charge is 0.467 e. The van der Waals surface area contributed by atoms with Crippen molar-refractivity contribution in [2.75, 3.05) is 13.1 Å². The van der Waals surface area contributed by atoms with Gasteiger partial charge in [-0.05, 0) is 67.2 Å². The van der Waals surface area contributed by atoms with Crippen LogP contribution in [-0.2, 0) is 24.4 Å². The van der Waals surface area contributed by atoms with Crippen molar-refractivity contribution in [1.82, 2.24) is 14.8 Å². The SMILES string of the molecule is O=C(NCc1ccco1)C1CCN(Cc2cc3ccccc3n2Cc2ccccc2Cl)CC1. The number of hydrogen-bond donors (Lipinski definition) is 1. The van der Waals surface area contributed by atoms with Gasteiger partial charge in [0, 0.05) is 35.2 Å². The molecule has 1 N–H and O–H groups in total. The molecular weight excluding hydrogens is 434 g/mol. The van der Waals surface area contributed by atoms with Crippen LogP contribution in [0.25, 0.3) is 10.9 Å². The van der Waals surface area contributed by atoms with Crippen LogP contribution < -0.4 is 5.32 Å². The van der Waals surface area contributed by atoms with Gasteiger partial charge in [0.05, 0.1) is 12.8 Å². The normalized spacial score (nSPS) is 15.2. The summed E-state index contributed by atoms with van der Waals surface area (Å²) in [6, 6.07) is 22.6. The number of piperidine rings is 1. The van der Waals surface area contributed by atoms with Crippen LogP contribution in [0.3, 0.4) is 0 Å². The number of hydrogen-bond acceptors (Lipinski definition) is 3. The molecule has 1 amide bonds. The van der Waals surface area contributed by atoms with Crippen LogP contribution in [0.15, 0.2) is 77.4 Å². The van der Waals surface area contributed by atoms with E-state index < -0.39 is 0 Å². The molecular formula is C27H28ClN3O2. The number of nitrogens with zero attached hydrogens (tertiary/aromatic N) is 2. The molecule has 4 aromatic rings. The lowest BCUT2D eigenvalue weighted by molar-refractivity contribution is -0.126. The van der Waals surface area contributed by atoms with Crippen LogP contribution in [0.4, 0.5) is 0 Å². The summed E-state index contributed by atoms with van der Waals surface area (Å²) in [5.41, 5.74) is 3.62. The molecule has 2 aromatic heterocycles. The van der Waals surface area contributed by atoms with Crippen molar-refractivity contribution in [2.45, 2.75) is 32.5 Å². The standard InChI is InChI=1S/C27H28ClN3O2/c28-25-9-3-1-7-22(25)18-31-23(16-21-6-2-4-10-26(21)31)19-30-13-11-20(12-14-30)27(32)29-17-24-8-5-15-33-24/h1-10,15-16,20H,11-14,17-19H2,(H,29,32). The highest BCUT2D eigenvalue weighted by molar-refractivity contribution is 6.31. The van der Waals surface area contributed by atoms with E-state index in [9.17, 15) is 4.79 Å². The van der Waals surface area contributed by atoms with E-state index in [1.54, 1.807) is 6.26 Å². The summed E-state index contributed by atoms with van der Waals surface area (Å²) in [6.07, 6.45) is 3.37. The zero-order chi connectivity index (χ0) is 22.6. The van der Waals surface area contributed by atoms with Gasteiger partial charge < -0.3 is 14.3 Å². The summed E-state index contributed by atoms with van der Waals surface area (Å²) in [4.78, 5) is 15.0. The van der Waals surface area contributed by atoms with E-state index in [2.05, 4.69) is 51.2 Å². The van der Waals surface area contributed by atoms with Crippen molar-refractivity contribution in [2.24, 2.45) is 5.92 Å². The molecule has 1 aliphatic heterocycles. The summed E-state index contributed by atoms with van der Waals surface area (Å²) >= 11 is 6.47. The average molecular weight is 462 g/mol. The fraction of sp³-hybridized carbons (Fsp3) is 0.296. The molecule has 2 aromatic carbocycles. The lowest BCUT2D eigenvalue weighted by atomic mass is 9.96. The second-order valence-electron chi connectivity index (χ2n) is 8.72. The topological polar surface area (TPSA) is 50.4 Å². The smallest absolute Gasteiger partial charge is 0.223 e. The number of nitrogens with one attached hydrogen (secondary N) is 1. The van der Waals surface area contributed by atoms with E-state index in [-0.39, 0.29) is 11.8 Å². The second kappa shape index (κ2) is 9.86. The molecule has 5 nitrogen and oxygen atoms in total. The van der Waals surface area contributed by atoms with E-state index in [4.69, 9.17) is 16.0 Å². The van der Waals surface area contributed by atoms with Crippen LogP contribution in [0.2, 0.25) is 5.02 Å². The number of amides is 1. The third kappa shape index (κ3) is 5.00. The minimum atomic E-state index is 0.0604. The number of para-hydroxylation sites is 1. The second-order valence-corrected chi connectivity index (χ2v) is 9.13. The molecule has 0 bridgehead atoms. The molecule has 0 unspecified atom stereocenters. The van der Waals surface area contributed by atoms with Gasteiger partial charge in [-0.25, -0.2) is 0 Å². The Balaban J connectivity index is 1.25. The zero-order valence-electron chi connectivity index (χ0n) is 18.5. The van der Waals surface area contributed by atoms with Crippen molar-refractivity contribution in [3.8, 4) is 0 Å². The first kappa shape index (κ1) is 21.8. The number of rotatable bonds is 7. The number of likely N-dealkylation sites (tertiary alicyclic amines) is 1. The number of halogens is 1. The molecule has 3 heterocycles. The molecule has 0 spiro atoms. The Morgan fingerprint density at radius 2 is 1.79 bits per heavy atom. The first-order valence-electron chi connectivity index (χ1n) is 11.5. The number of fused-ring (bicyclic) bond motifs is 1. The number of benzene rings is 2. The lowest BCUT2D eigenvalue weighted by Gasteiger charge is -2.31. The molecule has 0 aliphatic carbocycles. The van der Waals surface area contributed by atoms with Gasteiger partial charge in [-0.2, -0.15) is 0 Å². The van der Waals surface area contributed by atoms with Gasteiger partial charge in [0.15, 0.2) is 0 Å². The van der Waals surface area contributed by atoms with Gasteiger partial charge in [-0.3, -0.25) is 9.69 Å². The fourth-order valence-electron chi connectivity index (χ4n) is 4.70. The van der Waals surface area contributed by atoms with Gasteiger partial charge in [0.2, 0.25) is 5.91 Å². The maximum atomic E-state index is 12.6. The average Bonchev–Trinajstić information content (AvgIpc) is 3.48. The Hall–Kier alpha value is -3.02. The fourth-order valence-corrected chi connectivity index (χ4v) is 4.89. The predicted molar refractivity (Wildman–Crippen MR) is 131 cm³/mol. The molecule has 5 rings (SSSR count). The van der Waals surface area contributed by atoms with Crippen molar-refractivity contribution in [3.63, 3.8) is 0 Å². The third-order valence-corrected chi connectivity index (χ3v) is 6.91. The molecule has 1 aliphatic rings. The van der Waals surface area contributed by atoms with Crippen LogP contribution in [-0.4, -0.2) is 28.5 Å². The zero-order valence-corrected chi connectivity index (χ0v) is 19.3. The van der Waals surface area contributed by atoms with Crippen LogP contribution in [0, 0.1) is 5.92 Å². The lowest BCUT2D eigenvalue weighted by Crippen LogP contribution is -2.40. The van der Waals surface area contributed by atoms with Crippen molar-refractivity contribution in [1.29, 1.82) is 0 Å². The highest BCUT2D eigenvalue weighted by Crippen LogP contribution is 2.26. The molecule has 1 fully saturated rings. The van der Waals surface area contributed by atoms with Crippen LogP contribution >= 0.6 is 11.6 Å². The monoisotopic (exact) mass is 461 g/mol. The van der Waals surface area contributed by atoms with Crippen LogP contribution in [0.5, 0.6) is 0 Å². The highest BCUT2D eigenvalue weighted by atomic mass is 35.5. The molecule has 6 heteroatoms. The van der Waals surface area contributed by atoms with E-state index in [0.717, 1.165) is 55.4 Å². The van der Waals surface area contributed by atoms with Crippen molar-refractivity contribution >= 4 is 28.4 Å². The quantitative estimate of drug-likeness (QED) is 0.397. The van der Waals surface area contributed by atoms with Crippen molar-refractivity contribution in [3.05, 3.63) is 95.0 Å². The maximum absolute atomic E-state index is 12.6. The number of carbonyl (C=O) groups is 1. The number of aromatic nitrogens is 1. The maximum Gasteiger partial charge on any atom is 0.223 e. The Morgan fingerprint density at radius 1 is 1.00 bits per heavy atom. The summed E-state index contributed by atoms with van der Waals surface area (Å²) < 4.78 is 7.68. The Labute approximate surface area is 198 Å². The van der Waals surface area contributed by atoms with E-state index in [1.165, 1.54) is 16.6 Å². The van der Waals surface area contributed by atoms with Crippen LogP contribution in [0.1, 0.15) is 29.9 Å². The van der Waals surface area contributed by atoms with Gasteiger partial charge in [0.1, 0.15) is 5.76 Å². The first-order chi connectivity index (χ1) is 16.2. The number of furan rings is 1. The molecule has 33 heavy (non-hydrogen) atoms. The molecule has 170 valence electrons. The summed E-state index contributed by atoms with van der Waals surface area (Å²) in [7, 11) is 0. The minimum absolute atomic E-state index is 0.0604. The Morgan fingerprint density at radius 3 is 2.58 bits per heavy atom. The highest BCUT2D eigenvalue weighted by Gasteiger charge is 2.25. The molecule has 0 atom stereocenters. The van der Waals surface area contributed by atoms with Gasteiger partial charge >= 0.3 is 0 Å². The molecule has 0 radical (unpaired) electrons. The van der Waals surface area contributed by atoms with Gasteiger partial charge in [-0.15, -0.1) is 0 Å². The summed E-state index contributed by atoms with van der Waals surface area (Å²) in [5, 5.41) is 5.05. The van der Waals surface area contributed by atoms with E-state index in [1.807, 2.05) is 30.3 Å². The Kier molecular flexibility index (Phi) is 6.51. The molecule has 0 saturated carbocycles. The van der Waals surface area contributed by atoms with E-state index in [0.29, 0.717) is 6.54 Å². The first-order valence-corrected chi connectivity index (χ1v) is 11.9. The third-order valence-electron chi connectivity index (χ3n) is 6.54. The minimum Gasteiger partial charge on any atom is -0.467 e. The number of carbonyl (C=O) groups excluding carboxylic acids is 1. The Bertz CT molecular complexity index is 1220. The van der Waals surface area contributed by atoms with Gasteiger partial charge in [-0.1, -0.05) is 48.0 Å². The van der Waals surface area contributed by atoms with Crippen molar-refractivity contribution < 1.29 is 9.21 Å². The summed E-state index contributed by atoms with van der Waals surface area (Å²) in [5.74, 6) is 0.969. The predicted octanol–water partition coefficient (Wildman–Crippen LogP) is 5.46. The van der Waals surface area contributed by atoms with E-state index >= 15 is 0 Å². The summed E-state index contributed by atoms with van der Waals surface area (Å²) in [6.45, 7) is 3.88. The van der Waals surface area contributed by atoms with Gasteiger partial charge in [0.25, 0.3) is 0 Å².